The van der Waals surface area contributed by atoms with Crippen molar-refractivity contribution in [2.75, 3.05) is 19.6 Å². The van der Waals surface area contributed by atoms with Gasteiger partial charge in [0.15, 0.2) is 0 Å². The molecular weight excluding hydrogens is 200 g/mol. The molecule has 3 nitrogen and oxygen atoms in total. The number of carbonyl (C=O) groups excluding carboxylic acids is 1. The van der Waals surface area contributed by atoms with Gasteiger partial charge in [-0.2, -0.15) is 0 Å². The monoisotopic (exact) mass is 226 g/mol. The lowest BCUT2D eigenvalue weighted by atomic mass is 9.84. The molecule has 94 valence electrons. The molecule has 1 saturated heterocycles. The molecule has 0 aromatic rings. The van der Waals surface area contributed by atoms with Crippen LogP contribution in [0.1, 0.15) is 40.0 Å². The van der Waals surface area contributed by atoms with Crippen molar-refractivity contribution < 1.29 is 4.79 Å². The fourth-order valence-electron chi connectivity index (χ4n) is 2.26. The lowest BCUT2D eigenvalue weighted by molar-refractivity contribution is -0.122. The van der Waals surface area contributed by atoms with E-state index in [4.69, 9.17) is 0 Å². The van der Waals surface area contributed by atoms with Gasteiger partial charge in [0.2, 0.25) is 5.91 Å². The van der Waals surface area contributed by atoms with E-state index in [1.54, 1.807) is 0 Å². The van der Waals surface area contributed by atoms with Gasteiger partial charge < -0.3 is 10.6 Å². The molecule has 1 unspecified atom stereocenters. The molecule has 3 heteroatoms. The van der Waals surface area contributed by atoms with Gasteiger partial charge in [-0.25, -0.2) is 0 Å². The number of piperidine rings is 1. The second-order valence-corrected chi connectivity index (χ2v) is 5.47. The van der Waals surface area contributed by atoms with Crippen LogP contribution in [0.3, 0.4) is 0 Å². The van der Waals surface area contributed by atoms with E-state index in [1.807, 2.05) is 0 Å². The Bertz CT molecular complexity index is 210. The lowest BCUT2D eigenvalue weighted by Crippen LogP contribution is -2.34. The quantitative estimate of drug-likeness (QED) is 0.750. The third kappa shape index (κ3) is 4.97. The van der Waals surface area contributed by atoms with Gasteiger partial charge in [-0.05, 0) is 43.7 Å². The molecular formula is C13H26N2O. The van der Waals surface area contributed by atoms with Crippen molar-refractivity contribution in [3.63, 3.8) is 0 Å². The zero-order valence-electron chi connectivity index (χ0n) is 10.9. The summed E-state index contributed by atoms with van der Waals surface area (Å²) in [6, 6.07) is 0. The Labute approximate surface area is 99.4 Å². The average molecular weight is 226 g/mol. The van der Waals surface area contributed by atoms with Crippen molar-refractivity contribution in [3.05, 3.63) is 0 Å². The second-order valence-electron chi connectivity index (χ2n) is 5.47. The van der Waals surface area contributed by atoms with E-state index in [-0.39, 0.29) is 5.91 Å². The van der Waals surface area contributed by atoms with Crippen molar-refractivity contribution in [2.45, 2.75) is 40.0 Å². The first-order valence-electron chi connectivity index (χ1n) is 6.57. The first-order chi connectivity index (χ1) is 7.59. The Morgan fingerprint density at radius 2 is 1.94 bits per heavy atom. The van der Waals surface area contributed by atoms with Crippen molar-refractivity contribution in [1.29, 1.82) is 0 Å². The number of nitrogens with one attached hydrogen (secondary N) is 2. The van der Waals surface area contributed by atoms with E-state index >= 15 is 0 Å². The molecule has 1 heterocycles. The molecule has 1 fully saturated rings. The third-order valence-corrected chi connectivity index (χ3v) is 3.40. The minimum absolute atomic E-state index is 0.222. The Morgan fingerprint density at radius 3 is 2.50 bits per heavy atom. The highest BCUT2D eigenvalue weighted by molar-refractivity contribution is 5.76. The smallest absolute Gasteiger partial charge is 0.220 e. The van der Waals surface area contributed by atoms with E-state index < -0.39 is 0 Å². The number of amides is 1. The molecule has 0 aromatic heterocycles. The highest BCUT2D eigenvalue weighted by Gasteiger charge is 2.21. The molecule has 0 saturated carbocycles. The number of carbonyl (C=O) groups is 1. The molecule has 16 heavy (non-hydrogen) atoms. The maximum Gasteiger partial charge on any atom is 0.220 e. The van der Waals surface area contributed by atoms with Gasteiger partial charge in [-0.1, -0.05) is 20.8 Å². The first kappa shape index (κ1) is 13.5. The van der Waals surface area contributed by atoms with Crippen LogP contribution in [0.15, 0.2) is 0 Å². The summed E-state index contributed by atoms with van der Waals surface area (Å²) >= 11 is 0. The molecule has 1 rings (SSSR count). The van der Waals surface area contributed by atoms with Gasteiger partial charge in [0.1, 0.15) is 0 Å². The van der Waals surface area contributed by atoms with Gasteiger partial charge in [-0.3, -0.25) is 4.79 Å². The molecule has 0 bridgehead atoms. The summed E-state index contributed by atoms with van der Waals surface area (Å²) in [4.78, 5) is 11.7. The minimum Gasteiger partial charge on any atom is -0.356 e. The van der Waals surface area contributed by atoms with Crippen LogP contribution in [0.25, 0.3) is 0 Å². The predicted octanol–water partition coefficient (Wildman–Crippen LogP) is 1.78. The van der Waals surface area contributed by atoms with E-state index in [0.29, 0.717) is 18.3 Å². The minimum atomic E-state index is 0.222. The van der Waals surface area contributed by atoms with E-state index in [2.05, 4.69) is 31.4 Å². The summed E-state index contributed by atoms with van der Waals surface area (Å²) < 4.78 is 0. The van der Waals surface area contributed by atoms with Crippen molar-refractivity contribution in [3.8, 4) is 0 Å². The van der Waals surface area contributed by atoms with E-state index in [0.717, 1.165) is 25.6 Å². The topological polar surface area (TPSA) is 41.1 Å². The summed E-state index contributed by atoms with van der Waals surface area (Å²) in [7, 11) is 0. The summed E-state index contributed by atoms with van der Waals surface area (Å²) in [6.07, 6.45) is 3.13. The Kier molecular flexibility index (Phi) is 5.81. The van der Waals surface area contributed by atoms with Crippen molar-refractivity contribution in [1.82, 2.24) is 10.6 Å². The van der Waals surface area contributed by atoms with Crippen LogP contribution < -0.4 is 10.6 Å². The molecule has 0 spiro atoms. The standard InChI is InChI=1S/C13H26N2O/c1-10(2)9-15-13(16)8-11(3)12-4-6-14-7-5-12/h10-12,14H,4-9H2,1-3H3,(H,15,16). The van der Waals surface area contributed by atoms with Crippen LogP contribution >= 0.6 is 0 Å². The van der Waals surface area contributed by atoms with Gasteiger partial charge in [0.05, 0.1) is 0 Å². The van der Waals surface area contributed by atoms with Crippen molar-refractivity contribution in [2.24, 2.45) is 17.8 Å². The van der Waals surface area contributed by atoms with Gasteiger partial charge in [0, 0.05) is 13.0 Å². The molecule has 0 aliphatic carbocycles. The van der Waals surface area contributed by atoms with Crippen molar-refractivity contribution >= 4 is 5.91 Å². The van der Waals surface area contributed by atoms with Crippen LogP contribution in [-0.4, -0.2) is 25.5 Å². The molecule has 2 N–H and O–H groups in total. The summed E-state index contributed by atoms with van der Waals surface area (Å²) in [6.45, 7) is 9.49. The fourth-order valence-corrected chi connectivity index (χ4v) is 2.26. The zero-order valence-corrected chi connectivity index (χ0v) is 10.9. The van der Waals surface area contributed by atoms with Crippen LogP contribution in [0, 0.1) is 17.8 Å². The maximum atomic E-state index is 11.7. The molecule has 1 aliphatic heterocycles. The van der Waals surface area contributed by atoms with E-state index in [1.165, 1.54) is 12.8 Å². The Balaban J connectivity index is 2.21. The first-order valence-corrected chi connectivity index (χ1v) is 6.57. The van der Waals surface area contributed by atoms with Crippen LogP contribution in [0.5, 0.6) is 0 Å². The highest BCUT2D eigenvalue weighted by atomic mass is 16.1. The Morgan fingerprint density at radius 1 is 1.31 bits per heavy atom. The maximum absolute atomic E-state index is 11.7. The number of hydrogen-bond acceptors (Lipinski definition) is 2. The predicted molar refractivity (Wildman–Crippen MR) is 67.2 cm³/mol. The summed E-state index contributed by atoms with van der Waals surface area (Å²) in [5, 5.41) is 6.36. The van der Waals surface area contributed by atoms with Gasteiger partial charge >= 0.3 is 0 Å². The number of hydrogen-bond donors (Lipinski definition) is 2. The number of rotatable bonds is 5. The molecule has 0 radical (unpaired) electrons. The molecule has 1 atom stereocenters. The largest absolute Gasteiger partial charge is 0.356 e. The second kappa shape index (κ2) is 6.89. The lowest BCUT2D eigenvalue weighted by Gasteiger charge is -2.27. The van der Waals surface area contributed by atoms with Crippen LogP contribution in [0.2, 0.25) is 0 Å². The van der Waals surface area contributed by atoms with Gasteiger partial charge in [-0.15, -0.1) is 0 Å². The summed E-state index contributed by atoms with van der Waals surface area (Å²) in [5.74, 6) is 2.01. The summed E-state index contributed by atoms with van der Waals surface area (Å²) in [5.41, 5.74) is 0. The Hall–Kier alpha value is -0.570. The van der Waals surface area contributed by atoms with Crippen LogP contribution in [-0.2, 0) is 4.79 Å². The fraction of sp³-hybridized carbons (Fsp3) is 0.923. The van der Waals surface area contributed by atoms with E-state index in [9.17, 15) is 4.79 Å². The van der Waals surface area contributed by atoms with Crippen LogP contribution in [0.4, 0.5) is 0 Å². The van der Waals surface area contributed by atoms with Gasteiger partial charge in [0.25, 0.3) is 0 Å². The zero-order chi connectivity index (χ0) is 12.0. The normalized spacial score (nSPS) is 19.8. The molecule has 0 aromatic carbocycles. The molecule has 1 amide bonds. The third-order valence-electron chi connectivity index (χ3n) is 3.40. The molecule has 1 aliphatic rings. The SMILES string of the molecule is CC(C)CNC(=O)CC(C)C1CCNCC1. The average Bonchev–Trinajstić information content (AvgIpc) is 2.27. The highest BCUT2D eigenvalue weighted by Crippen LogP contribution is 2.23.